The molecule has 1 heterocycles. The molecule has 0 radical (unpaired) electrons. The molecule has 1 aromatic heterocycles. The third kappa shape index (κ3) is 5.79. The molecule has 3 heteroatoms. The Morgan fingerprint density at radius 2 is 2.11 bits per heavy atom. The summed E-state index contributed by atoms with van der Waals surface area (Å²) in [6.07, 6.45) is 5.04. The molecule has 0 spiro atoms. The van der Waals surface area contributed by atoms with Gasteiger partial charge in [-0.05, 0) is 52.4 Å². The van der Waals surface area contributed by atoms with Crippen LogP contribution in [0.3, 0.4) is 0 Å². The van der Waals surface area contributed by atoms with E-state index in [2.05, 4.69) is 29.1 Å². The molecule has 1 aromatic rings. The first kappa shape index (κ1) is 14.7. The maximum absolute atomic E-state index is 8.93. The van der Waals surface area contributed by atoms with Gasteiger partial charge in [-0.25, -0.2) is 0 Å². The number of nitrogens with zero attached hydrogens (tertiary/aromatic N) is 3. The van der Waals surface area contributed by atoms with Gasteiger partial charge in [-0.2, -0.15) is 5.26 Å². The van der Waals surface area contributed by atoms with E-state index in [9.17, 15) is 0 Å². The highest BCUT2D eigenvalue weighted by molar-refractivity contribution is 5.02. The minimum Gasteiger partial charge on any atom is -0.301 e. The van der Waals surface area contributed by atoms with Crippen LogP contribution in [0, 0.1) is 16.7 Å². The lowest BCUT2D eigenvalue weighted by atomic mass is 9.89. The first-order valence-electron chi connectivity index (χ1n) is 6.53. The van der Waals surface area contributed by atoms with Gasteiger partial charge in [0, 0.05) is 12.7 Å². The molecular formula is C15H23N3. The first-order valence-corrected chi connectivity index (χ1v) is 6.53. The average Bonchev–Trinajstić information content (AvgIpc) is 2.36. The van der Waals surface area contributed by atoms with E-state index in [4.69, 9.17) is 5.26 Å². The topological polar surface area (TPSA) is 39.9 Å². The minimum atomic E-state index is -0.181. The van der Waals surface area contributed by atoms with E-state index in [0.29, 0.717) is 0 Å². The van der Waals surface area contributed by atoms with Gasteiger partial charge in [-0.1, -0.05) is 12.5 Å². The highest BCUT2D eigenvalue weighted by Crippen LogP contribution is 2.21. The van der Waals surface area contributed by atoms with Gasteiger partial charge in [0.05, 0.1) is 17.2 Å². The molecule has 98 valence electrons. The van der Waals surface area contributed by atoms with E-state index >= 15 is 0 Å². The molecule has 0 atom stereocenters. The predicted molar refractivity (Wildman–Crippen MR) is 73.8 cm³/mol. The summed E-state index contributed by atoms with van der Waals surface area (Å²) in [5.74, 6) is 0. The van der Waals surface area contributed by atoms with Gasteiger partial charge in [0.1, 0.15) is 0 Å². The fourth-order valence-corrected chi connectivity index (χ4v) is 1.85. The number of aromatic nitrogens is 1. The minimum absolute atomic E-state index is 0.181. The van der Waals surface area contributed by atoms with Crippen LogP contribution in [0.5, 0.6) is 0 Å². The largest absolute Gasteiger partial charge is 0.301 e. The van der Waals surface area contributed by atoms with Crippen molar-refractivity contribution in [1.82, 2.24) is 9.88 Å². The lowest BCUT2D eigenvalue weighted by molar-refractivity contribution is 0.304. The summed E-state index contributed by atoms with van der Waals surface area (Å²) in [7, 11) is 2.12. The first-order chi connectivity index (χ1) is 8.53. The smallest absolute Gasteiger partial charge is 0.0683 e. The van der Waals surface area contributed by atoms with Crippen molar-refractivity contribution in [2.75, 3.05) is 13.6 Å². The van der Waals surface area contributed by atoms with Crippen molar-refractivity contribution >= 4 is 0 Å². The van der Waals surface area contributed by atoms with E-state index in [1.807, 2.05) is 32.2 Å². The van der Waals surface area contributed by atoms with Crippen LogP contribution in [0.2, 0.25) is 0 Å². The van der Waals surface area contributed by atoms with Crippen LogP contribution in [-0.4, -0.2) is 23.5 Å². The second-order valence-corrected chi connectivity index (χ2v) is 5.51. The van der Waals surface area contributed by atoms with Crippen LogP contribution >= 0.6 is 0 Å². The molecule has 0 amide bonds. The zero-order valence-electron chi connectivity index (χ0n) is 11.7. The maximum Gasteiger partial charge on any atom is 0.0683 e. The highest BCUT2D eigenvalue weighted by Gasteiger charge is 2.15. The molecule has 0 aliphatic rings. The number of rotatable bonds is 7. The lowest BCUT2D eigenvalue weighted by Gasteiger charge is -2.18. The fourth-order valence-electron chi connectivity index (χ4n) is 1.85. The van der Waals surface area contributed by atoms with Crippen molar-refractivity contribution in [2.24, 2.45) is 5.41 Å². The molecule has 0 aliphatic heterocycles. The molecule has 0 saturated carbocycles. The third-order valence-electron chi connectivity index (χ3n) is 3.05. The number of hydrogen-bond donors (Lipinski definition) is 0. The molecule has 0 aliphatic carbocycles. The van der Waals surface area contributed by atoms with E-state index < -0.39 is 0 Å². The van der Waals surface area contributed by atoms with Gasteiger partial charge in [-0.15, -0.1) is 0 Å². The van der Waals surface area contributed by atoms with E-state index in [-0.39, 0.29) is 5.41 Å². The molecule has 18 heavy (non-hydrogen) atoms. The van der Waals surface area contributed by atoms with Gasteiger partial charge in [0.2, 0.25) is 0 Å². The standard InChI is InChI=1S/C15H23N3/c1-15(2,13-16)9-5-7-11-18(3)12-14-8-4-6-10-17-14/h4,6,8,10H,5,7,9,11-12H2,1-3H3. The molecule has 0 N–H and O–H groups in total. The van der Waals surface area contributed by atoms with Gasteiger partial charge < -0.3 is 4.90 Å². The van der Waals surface area contributed by atoms with Crippen LogP contribution in [0.25, 0.3) is 0 Å². The van der Waals surface area contributed by atoms with Crippen molar-refractivity contribution < 1.29 is 0 Å². The summed E-state index contributed by atoms with van der Waals surface area (Å²) in [5.41, 5.74) is 0.928. The van der Waals surface area contributed by atoms with Crippen molar-refractivity contribution in [3.05, 3.63) is 30.1 Å². The lowest BCUT2D eigenvalue weighted by Crippen LogP contribution is -2.20. The van der Waals surface area contributed by atoms with E-state index in [1.165, 1.54) is 0 Å². The normalized spacial score (nSPS) is 11.5. The summed E-state index contributed by atoms with van der Waals surface area (Å²) in [6, 6.07) is 8.35. The molecular weight excluding hydrogens is 222 g/mol. The monoisotopic (exact) mass is 245 g/mol. The Bertz CT molecular complexity index is 378. The number of nitriles is 1. The van der Waals surface area contributed by atoms with Crippen LogP contribution in [0.15, 0.2) is 24.4 Å². The van der Waals surface area contributed by atoms with Gasteiger partial charge in [-0.3, -0.25) is 4.98 Å². The molecule has 0 aromatic carbocycles. The van der Waals surface area contributed by atoms with Crippen molar-refractivity contribution in [3.8, 4) is 6.07 Å². The van der Waals surface area contributed by atoms with Crippen LogP contribution in [-0.2, 0) is 6.54 Å². The van der Waals surface area contributed by atoms with Crippen molar-refractivity contribution in [1.29, 1.82) is 5.26 Å². The highest BCUT2D eigenvalue weighted by atomic mass is 15.1. The number of hydrogen-bond acceptors (Lipinski definition) is 3. The van der Waals surface area contributed by atoms with Gasteiger partial charge in [0.25, 0.3) is 0 Å². The zero-order chi connectivity index (χ0) is 13.4. The van der Waals surface area contributed by atoms with Crippen molar-refractivity contribution in [3.63, 3.8) is 0 Å². The van der Waals surface area contributed by atoms with E-state index in [1.54, 1.807) is 0 Å². The Kier molecular flexibility index (Phi) is 5.80. The Balaban J connectivity index is 2.19. The molecule has 0 saturated heterocycles. The summed E-state index contributed by atoms with van der Waals surface area (Å²) in [4.78, 5) is 6.59. The van der Waals surface area contributed by atoms with Crippen LogP contribution < -0.4 is 0 Å². The fraction of sp³-hybridized carbons (Fsp3) is 0.600. The summed E-state index contributed by atoms with van der Waals surface area (Å²) >= 11 is 0. The average molecular weight is 245 g/mol. The van der Waals surface area contributed by atoms with Crippen LogP contribution in [0.4, 0.5) is 0 Å². The second-order valence-electron chi connectivity index (χ2n) is 5.51. The maximum atomic E-state index is 8.93. The van der Waals surface area contributed by atoms with E-state index in [0.717, 1.165) is 38.0 Å². The summed E-state index contributed by atoms with van der Waals surface area (Å²) < 4.78 is 0. The molecule has 0 bridgehead atoms. The summed E-state index contributed by atoms with van der Waals surface area (Å²) in [5, 5.41) is 8.93. The zero-order valence-corrected chi connectivity index (χ0v) is 11.7. The quantitative estimate of drug-likeness (QED) is 0.692. The van der Waals surface area contributed by atoms with Gasteiger partial charge in [0.15, 0.2) is 0 Å². The molecule has 1 rings (SSSR count). The van der Waals surface area contributed by atoms with Crippen molar-refractivity contribution in [2.45, 2.75) is 39.7 Å². The van der Waals surface area contributed by atoms with Gasteiger partial charge >= 0.3 is 0 Å². The molecule has 3 nitrogen and oxygen atoms in total. The molecule has 0 fully saturated rings. The Morgan fingerprint density at radius 1 is 1.33 bits per heavy atom. The number of unbranched alkanes of at least 4 members (excludes halogenated alkanes) is 1. The third-order valence-corrected chi connectivity index (χ3v) is 3.05. The summed E-state index contributed by atoms with van der Waals surface area (Å²) in [6.45, 7) is 5.95. The second kappa shape index (κ2) is 7.13. The SMILES string of the molecule is CN(CCCCC(C)(C)C#N)Cc1ccccn1. The Morgan fingerprint density at radius 3 is 2.72 bits per heavy atom. The Hall–Kier alpha value is -1.40. The Labute approximate surface area is 110 Å². The van der Waals surface area contributed by atoms with Crippen LogP contribution in [0.1, 0.15) is 38.8 Å². The number of pyridine rings is 1. The predicted octanol–water partition coefficient (Wildman–Crippen LogP) is 3.23. The molecule has 0 unspecified atom stereocenters.